The highest BCUT2D eigenvalue weighted by molar-refractivity contribution is 7.16. The fraction of sp³-hybridized carbons (Fsp3) is 0.194. The number of imide groups is 1. The van der Waals surface area contributed by atoms with Gasteiger partial charge in [0.2, 0.25) is 5.91 Å². The van der Waals surface area contributed by atoms with Crippen molar-refractivity contribution in [3.63, 3.8) is 0 Å². The molecule has 2 unspecified atom stereocenters. The normalized spacial score (nSPS) is 17.4. The molecular weight excluding hydrogens is 548 g/mol. The van der Waals surface area contributed by atoms with E-state index in [4.69, 9.17) is 21.1 Å². The number of carbonyl (C=O) groups is 3. The van der Waals surface area contributed by atoms with E-state index in [2.05, 4.69) is 18.5 Å². The van der Waals surface area contributed by atoms with Gasteiger partial charge in [-0.2, -0.15) is 0 Å². The third-order valence-corrected chi connectivity index (χ3v) is 7.80. The molecule has 9 heteroatoms. The molecule has 3 aromatic rings. The average molecular weight is 577 g/mol. The van der Waals surface area contributed by atoms with E-state index in [1.54, 1.807) is 55.7 Å². The quantitative estimate of drug-likeness (QED) is 0.165. The second-order valence-corrected chi connectivity index (χ2v) is 10.8. The molecule has 0 aliphatic carbocycles. The van der Waals surface area contributed by atoms with Crippen LogP contribution >= 0.6 is 22.9 Å². The number of ether oxygens (including phenoxy) is 2. The molecule has 1 saturated heterocycles. The van der Waals surface area contributed by atoms with Crippen molar-refractivity contribution in [1.29, 1.82) is 0 Å². The van der Waals surface area contributed by atoms with E-state index >= 15 is 0 Å². The molecule has 3 atom stereocenters. The molecular formula is C31H29ClN2O5S. The van der Waals surface area contributed by atoms with Crippen molar-refractivity contribution in [2.45, 2.75) is 25.1 Å². The van der Waals surface area contributed by atoms with Crippen molar-refractivity contribution < 1.29 is 23.9 Å². The molecule has 206 valence electrons. The van der Waals surface area contributed by atoms with Crippen LogP contribution < -0.4 is 10.1 Å². The van der Waals surface area contributed by atoms with Crippen LogP contribution in [0.3, 0.4) is 0 Å². The summed E-state index contributed by atoms with van der Waals surface area (Å²) in [6, 6.07) is 17.5. The summed E-state index contributed by atoms with van der Waals surface area (Å²) < 4.78 is 11.3. The molecule has 4 rings (SSSR count). The fourth-order valence-corrected chi connectivity index (χ4v) is 5.65. The third-order valence-electron chi connectivity index (χ3n) is 6.54. The Labute approximate surface area is 242 Å². The molecule has 1 N–H and O–H groups in total. The zero-order chi connectivity index (χ0) is 28.6. The number of β-lactam (4-membered cyclic amide) rings is 1. The van der Waals surface area contributed by atoms with Gasteiger partial charge in [-0.3, -0.25) is 4.79 Å². The largest absolute Gasteiger partial charge is 0.497 e. The maximum absolute atomic E-state index is 13.6. The summed E-state index contributed by atoms with van der Waals surface area (Å²) in [6.07, 6.45) is 5.20. The molecule has 1 fully saturated rings. The van der Waals surface area contributed by atoms with Gasteiger partial charge in [0, 0.05) is 4.88 Å². The summed E-state index contributed by atoms with van der Waals surface area (Å²) in [4.78, 5) is 42.0. The highest BCUT2D eigenvalue weighted by Gasteiger charge is 2.55. The summed E-state index contributed by atoms with van der Waals surface area (Å²) in [5, 5.41) is 2.90. The number of hydrogen-bond acceptors (Lipinski definition) is 6. The van der Waals surface area contributed by atoms with E-state index in [9.17, 15) is 14.4 Å². The molecule has 0 bridgehead atoms. The van der Waals surface area contributed by atoms with Gasteiger partial charge in [0.1, 0.15) is 12.4 Å². The Morgan fingerprint density at radius 3 is 2.42 bits per heavy atom. The molecule has 0 saturated carbocycles. The van der Waals surface area contributed by atoms with Crippen LogP contribution in [0, 0.1) is 5.92 Å². The summed E-state index contributed by atoms with van der Waals surface area (Å²) in [7, 11) is 1.57. The lowest BCUT2D eigenvalue weighted by Gasteiger charge is -2.44. The SMILES string of the molecule is C=C/C=C(\C=C)C(NC(=O)N1C(=O)[C@H](Cc2ccc(Cl)s2)C1C(=O)OCc1ccc(OC)cc1)c1ccccc1. The second kappa shape index (κ2) is 13.3. The monoisotopic (exact) mass is 576 g/mol. The second-order valence-electron chi connectivity index (χ2n) is 9.02. The van der Waals surface area contributed by atoms with E-state index in [-0.39, 0.29) is 13.0 Å². The Bertz CT molecular complexity index is 1420. The zero-order valence-corrected chi connectivity index (χ0v) is 23.5. The molecule has 40 heavy (non-hydrogen) atoms. The number of amides is 3. The number of likely N-dealkylation sites (tertiary alicyclic amines) is 1. The van der Waals surface area contributed by atoms with Crippen LogP contribution in [-0.2, 0) is 27.4 Å². The molecule has 0 spiro atoms. The molecule has 0 radical (unpaired) electrons. The van der Waals surface area contributed by atoms with Gasteiger partial charge >= 0.3 is 12.0 Å². The highest BCUT2D eigenvalue weighted by atomic mass is 35.5. The van der Waals surface area contributed by atoms with Gasteiger partial charge in [-0.1, -0.05) is 85.5 Å². The number of urea groups is 1. The summed E-state index contributed by atoms with van der Waals surface area (Å²) in [5.74, 6) is -1.22. The van der Waals surface area contributed by atoms with Gasteiger partial charge in [0.05, 0.1) is 23.4 Å². The molecule has 1 aliphatic rings. The van der Waals surface area contributed by atoms with Crippen LogP contribution in [0.15, 0.2) is 104 Å². The Morgan fingerprint density at radius 2 is 1.82 bits per heavy atom. The lowest BCUT2D eigenvalue weighted by molar-refractivity contribution is -0.170. The standard InChI is InChI=1S/C31H29ClN2O5S/c1-4-9-21(5-2)27(22-10-7-6-8-11-22)33-31(37)34-28(25(29(34)35)18-24-16-17-26(32)40-24)30(36)39-19-20-12-14-23(38-3)15-13-20/h4-17,25,27-28H,1-2,18-19H2,3H3,(H,33,37)/b21-9+/t25-,27?,28?/m1/s1. The van der Waals surface area contributed by atoms with Crippen molar-refractivity contribution in [3.05, 3.63) is 124 Å². The van der Waals surface area contributed by atoms with Crippen molar-refractivity contribution in [2.75, 3.05) is 7.11 Å². The van der Waals surface area contributed by atoms with Gasteiger partial charge < -0.3 is 14.8 Å². The van der Waals surface area contributed by atoms with Crippen molar-refractivity contribution in [1.82, 2.24) is 10.2 Å². The summed E-state index contributed by atoms with van der Waals surface area (Å²) in [5.41, 5.74) is 2.19. The number of nitrogens with one attached hydrogen (secondary N) is 1. The van der Waals surface area contributed by atoms with Crippen LogP contribution in [0.4, 0.5) is 4.79 Å². The Hall–Kier alpha value is -4.14. The Balaban J connectivity index is 1.57. The number of esters is 1. The predicted octanol–water partition coefficient (Wildman–Crippen LogP) is 6.27. The van der Waals surface area contributed by atoms with E-state index < -0.39 is 35.9 Å². The first-order chi connectivity index (χ1) is 19.4. The highest BCUT2D eigenvalue weighted by Crippen LogP contribution is 2.35. The number of carbonyl (C=O) groups excluding carboxylic acids is 3. The minimum absolute atomic E-state index is 0.0180. The van der Waals surface area contributed by atoms with Crippen LogP contribution in [0.2, 0.25) is 4.34 Å². The van der Waals surface area contributed by atoms with Gasteiger partial charge in [0.15, 0.2) is 6.04 Å². The molecule has 3 amide bonds. The lowest BCUT2D eigenvalue weighted by Crippen LogP contribution is -2.69. The minimum Gasteiger partial charge on any atom is -0.497 e. The topological polar surface area (TPSA) is 84.9 Å². The Kier molecular flexibility index (Phi) is 9.58. The zero-order valence-electron chi connectivity index (χ0n) is 21.9. The van der Waals surface area contributed by atoms with E-state index in [1.165, 1.54) is 11.3 Å². The van der Waals surface area contributed by atoms with Crippen molar-refractivity contribution >= 4 is 40.8 Å². The molecule has 7 nitrogen and oxygen atoms in total. The van der Waals surface area contributed by atoms with Gasteiger partial charge in [-0.25, -0.2) is 14.5 Å². The Morgan fingerprint density at radius 1 is 1.10 bits per heavy atom. The number of benzene rings is 2. The fourth-order valence-electron chi connectivity index (χ4n) is 4.50. The number of hydrogen-bond donors (Lipinski definition) is 1. The smallest absolute Gasteiger partial charge is 0.330 e. The number of methoxy groups -OCH3 is 1. The van der Waals surface area contributed by atoms with Crippen molar-refractivity contribution in [3.8, 4) is 5.75 Å². The number of thiophene rings is 1. The van der Waals surface area contributed by atoms with E-state index in [0.717, 1.165) is 20.9 Å². The summed E-state index contributed by atoms with van der Waals surface area (Å²) >= 11 is 7.41. The van der Waals surface area contributed by atoms with E-state index in [0.29, 0.717) is 15.7 Å². The number of nitrogens with zero attached hydrogens (tertiary/aromatic N) is 1. The first-order valence-electron chi connectivity index (χ1n) is 12.5. The average Bonchev–Trinajstić information content (AvgIpc) is 3.40. The number of halogens is 1. The third kappa shape index (κ3) is 6.52. The number of rotatable bonds is 11. The molecule has 1 aromatic heterocycles. The molecule has 1 aliphatic heterocycles. The van der Waals surface area contributed by atoms with Crippen LogP contribution in [0.5, 0.6) is 5.75 Å². The lowest BCUT2D eigenvalue weighted by atomic mass is 9.84. The van der Waals surface area contributed by atoms with Crippen LogP contribution in [0.25, 0.3) is 0 Å². The maximum Gasteiger partial charge on any atom is 0.330 e. The molecule has 2 aromatic carbocycles. The minimum atomic E-state index is -1.10. The van der Waals surface area contributed by atoms with Gasteiger partial charge in [-0.05, 0) is 47.4 Å². The van der Waals surface area contributed by atoms with E-state index in [1.807, 2.05) is 36.4 Å². The summed E-state index contributed by atoms with van der Waals surface area (Å²) in [6.45, 7) is 7.58. The molecule has 2 heterocycles. The van der Waals surface area contributed by atoms with Crippen LogP contribution in [-0.4, -0.2) is 36.0 Å². The van der Waals surface area contributed by atoms with Crippen LogP contribution in [0.1, 0.15) is 22.0 Å². The first kappa shape index (κ1) is 28.9. The first-order valence-corrected chi connectivity index (χ1v) is 13.7. The van der Waals surface area contributed by atoms with Crippen molar-refractivity contribution in [2.24, 2.45) is 5.92 Å². The number of allylic oxidation sites excluding steroid dienone is 2. The predicted molar refractivity (Wildman–Crippen MR) is 156 cm³/mol. The van der Waals surface area contributed by atoms with Gasteiger partial charge in [-0.15, -0.1) is 11.3 Å². The van der Waals surface area contributed by atoms with Gasteiger partial charge in [0.25, 0.3) is 0 Å². The maximum atomic E-state index is 13.6.